The quantitative estimate of drug-likeness (QED) is 0.588. The van der Waals surface area contributed by atoms with Crippen LogP contribution in [0.15, 0.2) is 0 Å². The van der Waals surface area contributed by atoms with Crippen molar-refractivity contribution in [3.05, 3.63) is 0 Å². The number of nitrogens with zero attached hydrogens (tertiary/aromatic N) is 1. The summed E-state index contributed by atoms with van der Waals surface area (Å²) in [4.78, 5) is 25.0. The molecule has 0 aromatic heterocycles. The van der Waals surface area contributed by atoms with Gasteiger partial charge in [0.05, 0.1) is 6.10 Å². The number of amides is 2. The number of piperidine rings is 1. The van der Waals surface area contributed by atoms with Crippen molar-refractivity contribution in [3.63, 3.8) is 0 Å². The summed E-state index contributed by atoms with van der Waals surface area (Å²) >= 11 is 0. The van der Waals surface area contributed by atoms with Crippen molar-refractivity contribution in [2.75, 3.05) is 26.2 Å². The third-order valence-electron chi connectivity index (χ3n) is 2.90. The van der Waals surface area contributed by atoms with Crippen molar-refractivity contribution < 1.29 is 14.3 Å². The number of nitrogens with one attached hydrogen (secondary N) is 1. The highest BCUT2D eigenvalue weighted by Gasteiger charge is 2.22. The number of ether oxygens (including phenoxy) is 1. The summed E-state index contributed by atoms with van der Waals surface area (Å²) in [6.45, 7) is 6.46. The molecule has 5 nitrogen and oxygen atoms in total. The molecule has 1 fully saturated rings. The lowest BCUT2D eigenvalue weighted by atomic mass is 10.1. The predicted molar refractivity (Wildman–Crippen MR) is 69.1 cm³/mol. The van der Waals surface area contributed by atoms with Gasteiger partial charge in [0, 0.05) is 26.2 Å². The molecule has 0 aliphatic carbocycles. The normalized spacial score (nSPS) is 15.8. The van der Waals surface area contributed by atoms with Crippen LogP contribution < -0.4 is 5.32 Å². The van der Waals surface area contributed by atoms with Crippen LogP contribution in [0.4, 0.5) is 0 Å². The fraction of sp³-hybridized carbons (Fsp3) is 0.846. The van der Waals surface area contributed by atoms with Gasteiger partial charge in [0.25, 0.3) is 0 Å². The van der Waals surface area contributed by atoms with E-state index >= 15 is 0 Å². The summed E-state index contributed by atoms with van der Waals surface area (Å²) in [6, 6.07) is 0. The van der Waals surface area contributed by atoms with E-state index in [0.29, 0.717) is 26.2 Å². The zero-order chi connectivity index (χ0) is 13.4. The van der Waals surface area contributed by atoms with Crippen LogP contribution in [-0.2, 0) is 14.3 Å². The second kappa shape index (κ2) is 8.08. The fourth-order valence-corrected chi connectivity index (χ4v) is 1.91. The molecule has 0 bridgehead atoms. The number of rotatable bonds is 5. The first-order chi connectivity index (χ1) is 8.61. The zero-order valence-corrected chi connectivity index (χ0v) is 11.4. The molecule has 1 saturated heterocycles. The maximum Gasteiger partial charge on any atom is 0.311 e. The van der Waals surface area contributed by atoms with Gasteiger partial charge in [-0.25, -0.2) is 0 Å². The van der Waals surface area contributed by atoms with Gasteiger partial charge in [-0.15, -0.1) is 0 Å². The summed E-state index contributed by atoms with van der Waals surface area (Å²) in [5.74, 6) is -0.874. The average Bonchev–Trinajstić information content (AvgIpc) is 2.38. The molecule has 5 heteroatoms. The van der Waals surface area contributed by atoms with Crippen LogP contribution in [0.2, 0.25) is 0 Å². The smallest absolute Gasteiger partial charge is 0.311 e. The monoisotopic (exact) mass is 256 g/mol. The Balaban J connectivity index is 2.13. The summed E-state index contributed by atoms with van der Waals surface area (Å²) < 4.78 is 5.35. The summed E-state index contributed by atoms with van der Waals surface area (Å²) in [6.07, 6.45) is 4.09. The topological polar surface area (TPSA) is 58.6 Å². The number of hydrogen-bond donors (Lipinski definition) is 1. The summed E-state index contributed by atoms with van der Waals surface area (Å²) in [5, 5.41) is 2.64. The highest BCUT2D eigenvalue weighted by atomic mass is 16.5. The van der Waals surface area contributed by atoms with E-state index < -0.39 is 5.91 Å². The molecule has 0 spiro atoms. The van der Waals surface area contributed by atoms with Gasteiger partial charge in [0.2, 0.25) is 0 Å². The molecule has 1 heterocycles. The molecule has 0 saturated carbocycles. The first kappa shape index (κ1) is 15.0. The Labute approximate surface area is 109 Å². The average molecular weight is 256 g/mol. The van der Waals surface area contributed by atoms with Crippen molar-refractivity contribution in [1.82, 2.24) is 10.2 Å². The number of hydrogen-bond acceptors (Lipinski definition) is 3. The molecule has 1 aliphatic rings. The third kappa shape index (κ3) is 5.49. The minimum absolute atomic E-state index is 0.204. The van der Waals surface area contributed by atoms with E-state index in [2.05, 4.69) is 5.32 Å². The third-order valence-corrected chi connectivity index (χ3v) is 2.90. The molecule has 0 radical (unpaired) electrons. The van der Waals surface area contributed by atoms with Crippen LogP contribution in [0.25, 0.3) is 0 Å². The van der Waals surface area contributed by atoms with Gasteiger partial charge in [0.15, 0.2) is 0 Å². The van der Waals surface area contributed by atoms with Crippen molar-refractivity contribution in [2.24, 2.45) is 0 Å². The van der Waals surface area contributed by atoms with Crippen LogP contribution in [-0.4, -0.2) is 49.1 Å². The number of likely N-dealkylation sites (tertiary alicyclic amines) is 1. The van der Waals surface area contributed by atoms with Crippen molar-refractivity contribution in [3.8, 4) is 0 Å². The van der Waals surface area contributed by atoms with Gasteiger partial charge in [-0.2, -0.15) is 0 Å². The Bertz CT molecular complexity index is 273. The molecule has 0 atom stereocenters. The van der Waals surface area contributed by atoms with E-state index in [9.17, 15) is 9.59 Å². The first-order valence-electron chi connectivity index (χ1n) is 6.80. The Morgan fingerprint density at radius 1 is 1.22 bits per heavy atom. The van der Waals surface area contributed by atoms with E-state index in [1.165, 1.54) is 0 Å². The minimum Gasteiger partial charge on any atom is -0.379 e. The molecular formula is C13H24N2O3. The number of carbonyl (C=O) groups excluding carboxylic acids is 2. The zero-order valence-electron chi connectivity index (χ0n) is 11.4. The standard InChI is InChI=1S/C13H24N2O3/c1-11(2)18-10-6-7-14-12(16)13(17)15-8-4-3-5-9-15/h11H,3-10H2,1-2H3,(H,14,16). The van der Waals surface area contributed by atoms with E-state index in [1.807, 2.05) is 13.8 Å². The van der Waals surface area contributed by atoms with Gasteiger partial charge >= 0.3 is 11.8 Å². The van der Waals surface area contributed by atoms with Gasteiger partial charge in [-0.1, -0.05) is 0 Å². The molecule has 18 heavy (non-hydrogen) atoms. The molecule has 104 valence electrons. The summed E-state index contributed by atoms with van der Waals surface area (Å²) in [5.41, 5.74) is 0. The minimum atomic E-state index is -0.485. The molecule has 2 amide bonds. The van der Waals surface area contributed by atoms with Gasteiger partial charge in [-0.05, 0) is 39.5 Å². The van der Waals surface area contributed by atoms with Gasteiger partial charge in [-0.3, -0.25) is 9.59 Å². The molecule has 1 N–H and O–H groups in total. The van der Waals surface area contributed by atoms with E-state index in [0.717, 1.165) is 25.7 Å². The number of carbonyl (C=O) groups is 2. The van der Waals surface area contributed by atoms with E-state index in [-0.39, 0.29) is 12.0 Å². The highest BCUT2D eigenvalue weighted by molar-refractivity contribution is 6.35. The lowest BCUT2D eigenvalue weighted by Crippen LogP contribution is -2.45. The fourth-order valence-electron chi connectivity index (χ4n) is 1.91. The van der Waals surface area contributed by atoms with Gasteiger partial charge in [0.1, 0.15) is 0 Å². The predicted octanol–water partition coefficient (Wildman–Crippen LogP) is 0.930. The Kier molecular flexibility index (Phi) is 6.72. The molecule has 0 unspecified atom stereocenters. The summed E-state index contributed by atoms with van der Waals surface area (Å²) in [7, 11) is 0. The first-order valence-corrected chi connectivity index (χ1v) is 6.80. The van der Waals surface area contributed by atoms with Crippen molar-refractivity contribution in [2.45, 2.75) is 45.6 Å². The van der Waals surface area contributed by atoms with Crippen molar-refractivity contribution >= 4 is 11.8 Å². The van der Waals surface area contributed by atoms with Crippen LogP contribution >= 0.6 is 0 Å². The molecule has 0 aromatic carbocycles. The largest absolute Gasteiger partial charge is 0.379 e. The van der Waals surface area contributed by atoms with E-state index in [1.54, 1.807) is 4.90 Å². The molecule has 1 rings (SSSR count). The highest BCUT2D eigenvalue weighted by Crippen LogP contribution is 2.08. The van der Waals surface area contributed by atoms with Crippen molar-refractivity contribution in [1.29, 1.82) is 0 Å². The van der Waals surface area contributed by atoms with Gasteiger partial charge < -0.3 is 15.0 Å². The molecule has 1 aliphatic heterocycles. The lowest BCUT2D eigenvalue weighted by Gasteiger charge is -2.25. The Morgan fingerprint density at radius 3 is 2.50 bits per heavy atom. The van der Waals surface area contributed by atoms with Crippen LogP contribution in [0.5, 0.6) is 0 Å². The maximum absolute atomic E-state index is 11.8. The second-order valence-corrected chi connectivity index (χ2v) is 4.88. The van der Waals surface area contributed by atoms with Crippen LogP contribution in [0.1, 0.15) is 39.5 Å². The SMILES string of the molecule is CC(C)OCCCNC(=O)C(=O)N1CCCCC1. The maximum atomic E-state index is 11.8. The Morgan fingerprint density at radius 2 is 1.89 bits per heavy atom. The molecular weight excluding hydrogens is 232 g/mol. The molecule has 0 aromatic rings. The van der Waals surface area contributed by atoms with Crippen LogP contribution in [0, 0.1) is 0 Å². The van der Waals surface area contributed by atoms with E-state index in [4.69, 9.17) is 4.74 Å². The Hall–Kier alpha value is -1.10. The second-order valence-electron chi connectivity index (χ2n) is 4.88. The lowest BCUT2D eigenvalue weighted by molar-refractivity contribution is -0.146. The van der Waals surface area contributed by atoms with Crippen LogP contribution in [0.3, 0.4) is 0 Å².